The lowest BCUT2D eigenvalue weighted by atomic mass is 9.85. The Labute approximate surface area is 253 Å². The summed E-state index contributed by atoms with van der Waals surface area (Å²) in [4.78, 5) is 51.3. The zero-order valence-electron chi connectivity index (χ0n) is 25.8. The smallest absolute Gasteiger partial charge is 0.405 e. The van der Waals surface area contributed by atoms with Gasteiger partial charge >= 0.3 is 6.09 Å². The van der Waals surface area contributed by atoms with Crippen molar-refractivity contribution in [1.82, 2.24) is 10.6 Å². The molecule has 0 saturated carbocycles. The molecule has 1 heterocycles. The summed E-state index contributed by atoms with van der Waals surface area (Å²) in [6.45, 7) is 11.0. The van der Waals surface area contributed by atoms with Gasteiger partial charge in [-0.2, -0.15) is 0 Å². The first-order valence-electron chi connectivity index (χ1n) is 14.3. The lowest BCUT2D eigenvalue weighted by Crippen LogP contribution is -2.37. The van der Waals surface area contributed by atoms with Gasteiger partial charge in [0.2, 0.25) is 11.6 Å². The molecule has 5 N–H and O–H groups in total. The fraction of sp³-hybridized carbons (Fsp3) is 0.500. The molecule has 1 aliphatic carbocycles. The van der Waals surface area contributed by atoms with Gasteiger partial charge in [-0.25, -0.2) is 4.79 Å². The van der Waals surface area contributed by atoms with E-state index < -0.39 is 53.9 Å². The molecule has 0 aromatic carbocycles. The van der Waals surface area contributed by atoms with Gasteiger partial charge in [-0.05, 0) is 38.2 Å². The number of primary amides is 1. The fourth-order valence-electron chi connectivity index (χ4n) is 5.06. The molecule has 2 aliphatic rings. The molecule has 2 rings (SSSR count). The van der Waals surface area contributed by atoms with E-state index in [1.54, 1.807) is 44.2 Å². The molecular weight excluding hydrogens is 554 g/mol. The number of nitrogens with two attached hydrogens (primary N) is 1. The first kappa shape index (κ1) is 35.4. The Kier molecular flexibility index (Phi) is 13.8. The van der Waals surface area contributed by atoms with E-state index in [2.05, 4.69) is 17.2 Å². The highest BCUT2D eigenvalue weighted by atomic mass is 16.6. The number of fused-ring (bicyclic) bond motifs is 2. The molecule has 11 heteroatoms. The summed E-state index contributed by atoms with van der Waals surface area (Å²) >= 11 is 0. The second-order valence-electron chi connectivity index (χ2n) is 11.0. The lowest BCUT2D eigenvalue weighted by molar-refractivity contribution is -0.120. The summed E-state index contributed by atoms with van der Waals surface area (Å²) in [6, 6.07) is 0. The molecule has 0 spiro atoms. The second kappa shape index (κ2) is 16.7. The Morgan fingerprint density at radius 1 is 1.19 bits per heavy atom. The first-order valence-corrected chi connectivity index (χ1v) is 14.3. The molecule has 0 aromatic rings. The number of Topliss-reactive ketones (excluding diaryl/α,β-unsaturated/α-hetero) is 1. The molecule has 6 atom stereocenters. The summed E-state index contributed by atoms with van der Waals surface area (Å²) in [5.41, 5.74) is 6.56. The highest BCUT2D eigenvalue weighted by Crippen LogP contribution is 2.28. The number of hydrogen-bond acceptors (Lipinski definition) is 9. The topological polar surface area (TPSA) is 166 Å². The average Bonchev–Trinajstić information content (AvgIpc) is 2.95. The van der Waals surface area contributed by atoms with Crippen LogP contribution >= 0.6 is 0 Å². The van der Waals surface area contributed by atoms with Crippen molar-refractivity contribution in [3.63, 3.8) is 0 Å². The molecule has 0 saturated heterocycles. The summed E-state index contributed by atoms with van der Waals surface area (Å²) in [5, 5.41) is 16.8. The summed E-state index contributed by atoms with van der Waals surface area (Å²) in [5.74, 6) is -2.07. The van der Waals surface area contributed by atoms with E-state index in [4.69, 9.17) is 19.9 Å². The van der Waals surface area contributed by atoms with Crippen LogP contribution in [0.1, 0.15) is 47.0 Å². The number of amides is 2. The Balaban J connectivity index is 2.58. The molecular formula is C32H45N3O8. The van der Waals surface area contributed by atoms with Gasteiger partial charge in [-0.3, -0.25) is 14.4 Å². The number of methoxy groups -OCH3 is 2. The summed E-state index contributed by atoms with van der Waals surface area (Å²) in [7, 11) is 2.99. The number of allylic oxidation sites excluding steroid dienone is 4. The number of carbonyl (C=O) groups excluding carboxylic acids is 4. The van der Waals surface area contributed by atoms with E-state index in [-0.39, 0.29) is 47.8 Å². The van der Waals surface area contributed by atoms with Gasteiger partial charge in [0.15, 0.2) is 0 Å². The van der Waals surface area contributed by atoms with Crippen LogP contribution in [0.25, 0.3) is 0 Å². The van der Waals surface area contributed by atoms with Crippen molar-refractivity contribution >= 4 is 23.6 Å². The number of nitrogens with one attached hydrogen (secondary N) is 2. The largest absolute Gasteiger partial charge is 0.442 e. The van der Waals surface area contributed by atoms with E-state index in [1.165, 1.54) is 14.2 Å². The third-order valence-corrected chi connectivity index (χ3v) is 7.49. The standard InChI is InChI=1S/C32H45N3O8/c1-8-12-34-28-23-13-18(2)14-27(42-7)29(37)21(5)15-20(4)26(43-32(33)40)16-22(41-6)11-9-10-19(3)31(39)35-24(30(23)38)17-25(28)36/h8-11,15,17-18,21-22,26-27,29,34,37H,1,12-14,16H2,2-7H3,(H2,33,40)(H,35,39)/b11-9-,19-10+,20-15+/t18-,21+,22?,26?,27?,29-/m1/s1. The van der Waals surface area contributed by atoms with Gasteiger partial charge in [0.05, 0.1) is 29.7 Å². The Bertz CT molecular complexity index is 1230. The molecule has 0 fully saturated rings. The van der Waals surface area contributed by atoms with Gasteiger partial charge in [-0.1, -0.05) is 44.2 Å². The third kappa shape index (κ3) is 10.2. The van der Waals surface area contributed by atoms with Crippen LogP contribution in [0.3, 0.4) is 0 Å². The van der Waals surface area contributed by atoms with Crippen LogP contribution in [0.4, 0.5) is 4.79 Å². The number of ketones is 2. The van der Waals surface area contributed by atoms with Gasteiger partial charge in [0, 0.05) is 50.3 Å². The van der Waals surface area contributed by atoms with Crippen LogP contribution in [0.15, 0.2) is 71.1 Å². The summed E-state index contributed by atoms with van der Waals surface area (Å²) < 4.78 is 16.6. The van der Waals surface area contributed by atoms with E-state index >= 15 is 0 Å². The van der Waals surface area contributed by atoms with E-state index in [0.29, 0.717) is 12.0 Å². The minimum atomic E-state index is -0.945. The molecule has 2 bridgehead atoms. The maximum absolute atomic E-state index is 13.6. The van der Waals surface area contributed by atoms with Crippen LogP contribution in [0.5, 0.6) is 0 Å². The van der Waals surface area contributed by atoms with Gasteiger partial charge in [0.25, 0.3) is 5.91 Å². The van der Waals surface area contributed by atoms with Gasteiger partial charge in [-0.15, -0.1) is 6.58 Å². The maximum Gasteiger partial charge on any atom is 0.405 e. The molecule has 0 radical (unpaired) electrons. The van der Waals surface area contributed by atoms with Crippen molar-refractivity contribution in [3.8, 4) is 0 Å². The van der Waals surface area contributed by atoms with Crippen molar-refractivity contribution in [1.29, 1.82) is 0 Å². The molecule has 2 amide bonds. The van der Waals surface area contributed by atoms with Crippen LogP contribution in [-0.4, -0.2) is 73.9 Å². The second-order valence-corrected chi connectivity index (χ2v) is 11.0. The van der Waals surface area contributed by atoms with Crippen LogP contribution in [-0.2, 0) is 28.6 Å². The molecule has 43 heavy (non-hydrogen) atoms. The Morgan fingerprint density at radius 2 is 1.88 bits per heavy atom. The maximum atomic E-state index is 13.6. The SMILES string of the molecule is C=CCNC1=C2C[C@@H](C)CC(OC)[C@H](O)[C@@H](C)/C=C(\C)C(OC(N)=O)CC(OC)/C=C\C=C(/C)C(=O)NC(=CC1=O)C2=O. The number of ether oxygens (including phenoxy) is 3. The molecule has 11 nitrogen and oxygen atoms in total. The van der Waals surface area contributed by atoms with Crippen molar-refractivity contribution in [2.45, 2.75) is 71.4 Å². The van der Waals surface area contributed by atoms with Crippen molar-refractivity contribution < 1.29 is 38.5 Å². The minimum Gasteiger partial charge on any atom is -0.442 e. The molecule has 1 aliphatic heterocycles. The number of carbonyl (C=O) groups is 4. The Hall–Kier alpha value is -3.80. The predicted molar refractivity (Wildman–Crippen MR) is 162 cm³/mol. The van der Waals surface area contributed by atoms with E-state index in [0.717, 1.165) is 6.08 Å². The average molecular weight is 600 g/mol. The van der Waals surface area contributed by atoms with E-state index in [1.807, 2.05) is 13.8 Å². The van der Waals surface area contributed by atoms with E-state index in [9.17, 15) is 24.3 Å². The van der Waals surface area contributed by atoms with Crippen molar-refractivity contribution in [2.24, 2.45) is 17.6 Å². The Morgan fingerprint density at radius 3 is 2.49 bits per heavy atom. The van der Waals surface area contributed by atoms with Crippen LogP contribution in [0, 0.1) is 11.8 Å². The molecule has 3 unspecified atom stereocenters. The zero-order chi connectivity index (χ0) is 32.3. The normalized spacial score (nSPS) is 31.4. The van der Waals surface area contributed by atoms with Gasteiger partial charge in [0.1, 0.15) is 6.10 Å². The van der Waals surface area contributed by atoms with Gasteiger partial charge < -0.3 is 35.7 Å². The number of aliphatic hydroxyl groups is 1. The molecule has 0 aromatic heterocycles. The molecule has 236 valence electrons. The van der Waals surface area contributed by atoms with Crippen molar-refractivity contribution in [2.75, 3.05) is 20.8 Å². The zero-order valence-corrected chi connectivity index (χ0v) is 25.8. The van der Waals surface area contributed by atoms with Crippen LogP contribution < -0.4 is 16.4 Å². The third-order valence-electron chi connectivity index (χ3n) is 7.49. The highest BCUT2D eigenvalue weighted by molar-refractivity contribution is 6.23. The summed E-state index contributed by atoms with van der Waals surface area (Å²) in [6.07, 6.45) is 6.36. The van der Waals surface area contributed by atoms with Crippen LogP contribution in [0.2, 0.25) is 0 Å². The predicted octanol–water partition coefficient (Wildman–Crippen LogP) is 2.93. The number of hydrogen-bond donors (Lipinski definition) is 4. The fourth-order valence-corrected chi connectivity index (χ4v) is 5.06. The lowest BCUT2D eigenvalue weighted by Gasteiger charge is -2.29. The minimum absolute atomic E-state index is 0.119. The first-order chi connectivity index (χ1) is 20.3. The quantitative estimate of drug-likeness (QED) is 0.265. The highest BCUT2D eigenvalue weighted by Gasteiger charge is 2.33. The van der Waals surface area contributed by atoms with Crippen molar-refractivity contribution in [3.05, 3.63) is 71.1 Å². The number of aliphatic hydroxyl groups excluding tert-OH is 1. The number of rotatable bonds is 6. The monoisotopic (exact) mass is 599 g/mol.